The van der Waals surface area contributed by atoms with Gasteiger partial charge in [-0.15, -0.1) is 0 Å². The summed E-state index contributed by atoms with van der Waals surface area (Å²) in [5.74, 6) is 0.496. The van der Waals surface area contributed by atoms with Crippen molar-refractivity contribution < 1.29 is 0 Å². The van der Waals surface area contributed by atoms with Crippen molar-refractivity contribution in [2.45, 2.75) is 31.6 Å². The molecule has 0 amide bonds. The van der Waals surface area contributed by atoms with Crippen LogP contribution < -0.4 is 0 Å². The highest BCUT2D eigenvalue weighted by atomic mass is 35.5. The lowest BCUT2D eigenvalue weighted by molar-refractivity contribution is 0.501. The number of benzene rings is 1. The number of rotatable bonds is 2. The van der Waals surface area contributed by atoms with Gasteiger partial charge in [0.25, 0.3) is 0 Å². The molecule has 0 spiro atoms. The molecule has 0 bridgehead atoms. The molecule has 1 aromatic rings. The summed E-state index contributed by atoms with van der Waals surface area (Å²) in [5.41, 5.74) is 1.01. The van der Waals surface area contributed by atoms with E-state index in [1.165, 1.54) is 25.7 Å². The van der Waals surface area contributed by atoms with Crippen molar-refractivity contribution in [2.75, 3.05) is 0 Å². The minimum Gasteiger partial charge on any atom is -0.198 e. The first-order valence-corrected chi connectivity index (χ1v) is 5.85. The first-order valence-electron chi connectivity index (χ1n) is 5.47. The highest BCUT2D eigenvalue weighted by Crippen LogP contribution is 2.39. The number of nitrogens with zero attached hydrogens (tertiary/aromatic N) is 1. The van der Waals surface area contributed by atoms with Crippen molar-refractivity contribution in [3.05, 3.63) is 34.9 Å². The second-order valence-electron chi connectivity index (χ2n) is 4.17. The van der Waals surface area contributed by atoms with Crippen molar-refractivity contribution in [1.82, 2.24) is 0 Å². The monoisotopic (exact) mass is 219 g/mol. The summed E-state index contributed by atoms with van der Waals surface area (Å²) in [5, 5.41) is 9.99. The Labute approximate surface area is 95.7 Å². The molecule has 0 unspecified atom stereocenters. The van der Waals surface area contributed by atoms with Crippen molar-refractivity contribution in [3.63, 3.8) is 0 Å². The molecule has 1 saturated carbocycles. The van der Waals surface area contributed by atoms with Crippen LogP contribution in [0.2, 0.25) is 5.02 Å². The third-order valence-corrected chi connectivity index (χ3v) is 3.59. The molecule has 1 aliphatic carbocycles. The van der Waals surface area contributed by atoms with Gasteiger partial charge in [0.05, 0.1) is 12.0 Å². The Morgan fingerprint density at radius 3 is 2.53 bits per heavy atom. The van der Waals surface area contributed by atoms with E-state index in [9.17, 15) is 5.26 Å². The van der Waals surface area contributed by atoms with Crippen LogP contribution in [0.5, 0.6) is 0 Å². The largest absolute Gasteiger partial charge is 0.198 e. The van der Waals surface area contributed by atoms with Crippen LogP contribution in [-0.2, 0) is 0 Å². The second-order valence-corrected chi connectivity index (χ2v) is 4.58. The van der Waals surface area contributed by atoms with E-state index in [1.807, 2.05) is 24.3 Å². The molecule has 78 valence electrons. The Kier molecular flexibility index (Phi) is 3.28. The van der Waals surface area contributed by atoms with Gasteiger partial charge in [-0.05, 0) is 30.4 Å². The molecule has 0 heterocycles. The zero-order chi connectivity index (χ0) is 10.7. The Balaban J connectivity index is 2.27. The quantitative estimate of drug-likeness (QED) is 0.734. The molecule has 0 aromatic heterocycles. The lowest BCUT2D eigenvalue weighted by Crippen LogP contribution is -2.08. The van der Waals surface area contributed by atoms with Crippen LogP contribution in [-0.4, -0.2) is 0 Å². The molecule has 2 rings (SSSR count). The molecule has 1 aromatic carbocycles. The van der Waals surface area contributed by atoms with E-state index < -0.39 is 0 Å². The SMILES string of the molecule is N#C[C@H](c1ccccc1Cl)C1CCCC1. The van der Waals surface area contributed by atoms with E-state index in [2.05, 4.69) is 6.07 Å². The Bertz CT molecular complexity index is 374. The third-order valence-electron chi connectivity index (χ3n) is 3.25. The molecule has 2 heteroatoms. The maximum absolute atomic E-state index is 9.26. The normalized spacial score (nSPS) is 18.7. The molecule has 1 aliphatic rings. The van der Waals surface area contributed by atoms with Crippen molar-refractivity contribution in [3.8, 4) is 6.07 Å². The van der Waals surface area contributed by atoms with Gasteiger partial charge in [-0.1, -0.05) is 42.6 Å². The summed E-state index contributed by atoms with van der Waals surface area (Å²) >= 11 is 6.13. The molecule has 15 heavy (non-hydrogen) atoms. The van der Waals surface area contributed by atoms with Crippen molar-refractivity contribution in [1.29, 1.82) is 5.26 Å². The smallest absolute Gasteiger partial charge is 0.0755 e. The number of halogens is 1. The van der Waals surface area contributed by atoms with Crippen molar-refractivity contribution >= 4 is 11.6 Å². The van der Waals surface area contributed by atoms with Crippen LogP contribution >= 0.6 is 11.6 Å². The summed E-state index contributed by atoms with van der Waals surface area (Å²) in [6.45, 7) is 0. The Morgan fingerprint density at radius 1 is 1.27 bits per heavy atom. The average molecular weight is 220 g/mol. The summed E-state index contributed by atoms with van der Waals surface area (Å²) in [7, 11) is 0. The standard InChI is InChI=1S/C13H14ClN/c14-13-8-4-3-7-11(13)12(9-15)10-5-1-2-6-10/h3-4,7-8,10,12H,1-2,5-6H2/t12-/m0/s1. The van der Waals surface area contributed by atoms with Crippen LogP contribution in [0.4, 0.5) is 0 Å². The second kappa shape index (κ2) is 4.68. The highest BCUT2D eigenvalue weighted by Gasteiger charge is 2.27. The maximum Gasteiger partial charge on any atom is 0.0755 e. The fourth-order valence-electron chi connectivity index (χ4n) is 2.45. The number of nitriles is 1. The fourth-order valence-corrected chi connectivity index (χ4v) is 2.70. The predicted octanol–water partition coefficient (Wildman–Crippen LogP) is 4.14. The van der Waals surface area contributed by atoms with Crippen LogP contribution in [0.25, 0.3) is 0 Å². The van der Waals surface area contributed by atoms with Gasteiger partial charge in [0, 0.05) is 5.02 Å². The minimum atomic E-state index is -0.0128. The lowest BCUT2D eigenvalue weighted by Gasteiger charge is -2.17. The average Bonchev–Trinajstić information content (AvgIpc) is 2.75. The highest BCUT2D eigenvalue weighted by molar-refractivity contribution is 6.31. The van der Waals surface area contributed by atoms with E-state index in [-0.39, 0.29) is 5.92 Å². The number of hydrogen-bond acceptors (Lipinski definition) is 1. The minimum absolute atomic E-state index is 0.0128. The summed E-state index contributed by atoms with van der Waals surface area (Å²) in [6.07, 6.45) is 4.85. The molecule has 1 nitrogen and oxygen atoms in total. The Hall–Kier alpha value is -1.00. The van der Waals surface area contributed by atoms with Crippen molar-refractivity contribution in [2.24, 2.45) is 5.92 Å². The molecular weight excluding hydrogens is 206 g/mol. The molecule has 0 radical (unpaired) electrons. The van der Waals surface area contributed by atoms with Gasteiger partial charge in [0.2, 0.25) is 0 Å². The van der Waals surface area contributed by atoms with Gasteiger partial charge in [0.15, 0.2) is 0 Å². The van der Waals surface area contributed by atoms with Gasteiger partial charge in [0.1, 0.15) is 0 Å². The molecule has 1 atom stereocenters. The van der Waals surface area contributed by atoms with Crippen LogP contribution in [0.15, 0.2) is 24.3 Å². The summed E-state index contributed by atoms with van der Waals surface area (Å²) < 4.78 is 0. The summed E-state index contributed by atoms with van der Waals surface area (Å²) in [4.78, 5) is 0. The molecular formula is C13H14ClN. The van der Waals surface area contributed by atoms with Gasteiger partial charge in [-0.3, -0.25) is 0 Å². The lowest BCUT2D eigenvalue weighted by atomic mass is 9.86. The molecule has 1 fully saturated rings. The zero-order valence-corrected chi connectivity index (χ0v) is 9.37. The van der Waals surface area contributed by atoms with E-state index >= 15 is 0 Å². The van der Waals surface area contributed by atoms with Crippen LogP contribution in [0.1, 0.15) is 37.2 Å². The van der Waals surface area contributed by atoms with E-state index in [4.69, 9.17) is 11.6 Å². The molecule has 0 N–H and O–H groups in total. The molecule has 0 aliphatic heterocycles. The van der Waals surface area contributed by atoms with Gasteiger partial charge < -0.3 is 0 Å². The first kappa shape index (κ1) is 10.5. The van der Waals surface area contributed by atoms with Gasteiger partial charge >= 0.3 is 0 Å². The first-order chi connectivity index (χ1) is 7.33. The topological polar surface area (TPSA) is 23.8 Å². The van der Waals surface area contributed by atoms with Crippen LogP contribution in [0, 0.1) is 17.2 Å². The predicted molar refractivity (Wildman–Crippen MR) is 61.8 cm³/mol. The maximum atomic E-state index is 9.26. The Morgan fingerprint density at radius 2 is 1.93 bits per heavy atom. The zero-order valence-electron chi connectivity index (χ0n) is 8.62. The fraction of sp³-hybridized carbons (Fsp3) is 0.462. The summed E-state index contributed by atoms with van der Waals surface area (Å²) in [6, 6.07) is 10.1. The molecule has 0 saturated heterocycles. The van der Waals surface area contributed by atoms with E-state index in [0.29, 0.717) is 5.92 Å². The van der Waals surface area contributed by atoms with Crippen LogP contribution in [0.3, 0.4) is 0 Å². The van der Waals surface area contributed by atoms with E-state index in [0.717, 1.165) is 10.6 Å². The third kappa shape index (κ3) is 2.16. The number of hydrogen-bond donors (Lipinski definition) is 0. The van der Waals surface area contributed by atoms with Gasteiger partial charge in [-0.25, -0.2) is 0 Å². The van der Waals surface area contributed by atoms with Gasteiger partial charge in [-0.2, -0.15) is 5.26 Å². The van der Waals surface area contributed by atoms with E-state index in [1.54, 1.807) is 0 Å².